The van der Waals surface area contributed by atoms with Crippen molar-refractivity contribution in [1.29, 1.82) is 0 Å². The molecule has 0 atom stereocenters. The molecular formula is C18H20N6O3. The Hall–Kier alpha value is -3.36. The van der Waals surface area contributed by atoms with Crippen molar-refractivity contribution in [1.82, 2.24) is 19.3 Å². The van der Waals surface area contributed by atoms with Gasteiger partial charge >= 0.3 is 0 Å². The third-order valence-electron chi connectivity index (χ3n) is 4.59. The van der Waals surface area contributed by atoms with E-state index in [1.165, 1.54) is 0 Å². The molecule has 0 saturated heterocycles. The van der Waals surface area contributed by atoms with Crippen molar-refractivity contribution in [2.24, 2.45) is 12.8 Å². The fourth-order valence-corrected chi connectivity index (χ4v) is 3.35. The summed E-state index contributed by atoms with van der Waals surface area (Å²) in [5.74, 6) is 0.133. The van der Waals surface area contributed by atoms with Crippen LogP contribution in [0.5, 0.6) is 5.75 Å². The van der Waals surface area contributed by atoms with Gasteiger partial charge in [-0.1, -0.05) is 6.92 Å². The number of rotatable bonds is 4. The summed E-state index contributed by atoms with van der Waals surface area (Å²) in [6, 6.07) is 3.24. The fraction of sp³-hybridized carbons (Fsp3) is 0.333. The largest absolute Gasteiger partial charge is 0.491 e. The normalized spacial score (nSPS) is 13.3. The first-order chi connectivity index (χ1) is 13.0. The van der Waals surface area contributed by atoms with Crippen LogP contribution in [0.2, 0.25) is 0 Å². The molecular weight excluding hydrogens is 348 g/mol. The Bertz CT molecular complexity index is 1060. The van der Waals surface area contributed by atoms with Crippen LogP contribution in [0.3, 0.4) is 0 Å². The topological polar surface area (TPSA) is 117 Å². The molecule has 0 fully saturated rings. The van der Waals surface area contributed by atoms with Crippen molar-refractivity contribution in [2.45, 2.75) is 26.3 Å². The van der Waals surface area contributed by atoms with Crippen molar-refractivity contribution in [3.8, 4) is 5.75 Å². The molecule has 3 heterocycles. The molecule has 4 rings (SSSR count). The number of ether oxygens (including phenoxy) is 1. The predicted molar refractivity (Wildman–Crippen MR) is 98.9 cm³/mol. The quantitative estimate of drug-likeness (QED) is 0.723. The van der Waals surface area contributed by atoms with E-state index < -0.39 is 5.91 Å². The summed E-state index contributed by atoms with van der Waals surface area (Å²) in [4.78, 5) is 28.9. The van der Waals surface area contributed by atoms with Crippen LogP contribution in [0.25, 0.3) is 11.0 Å². The highest BCUT2D eigenvalue weighted by atomic mass is 16.5. The van der Waals surface area contributed by atoms with Crippen LogP contribution in [-0.2, 0) is 20.0 Å². The lowest BCUT2D eigenvalue weighted by Crippen LogP contribution is -2.17. The number of aryl methyl sites for hydroxylation is 3. The molecule has 0 saturated carbocycles. The van der Waals surface area contributed by atoms with Crippen LogP contribution < -0.4 is 15.8 Å². The highest BCUT2D eigenvalue weighted by Gasteiger charge is 2.23. The minimum Gasteiger partial charge on any atom is -0.491 e. The Kier molecular flexibility index (Phi) is 4.06. The zero-order valence-electron chi connectivity index (χ0n) is 15.2. The number of imidazole rings is 1. The first-order valence-electron chi connectivity index (χ1n) is 8.78. The van der Waals surface area contributed by atoms with Gasteiger partial charge in [0, 0.05) is 25.4 Å². The Morgan fingerprint density at radius 3 is 2.93 bits per heavy atom. The van der Waals surface area contributed by atoms with E-state index in [1.54, 1.807) is 30.1 Å². The van der Waals surface area contributed by atoms with E-state index >= 15 is 0 Å². The Balaban J connectivity index is 1.78. The predicted octanol–water partition coefficient (Wildman–Crippen LogP) is 1.47. The number of primary amides is 1. The SMILES string of the molecule is CCc1nn(C)cc1C(=O)Nc1nc2cc(C(N)=O)cc3c2n1CCCO3. The van der Waals surface area contributed by atoms with Crippen LogP contribution in [-0.4, -0.2) is 37.8 Å². The highest BCUT2D eigenvalue weighted by molar-refractivity contribution is 6.05. The lowest BCUT2D eigenvalue weighted by atomic mass is 10.1. The van der Waals surface area contributed by atoms with Gasteiger partial charge in [-0.25, -0.2) is 4.98 Å². The number of hydrogen-bond donors (Lipinski definition) is 2. The van der Waals surface area contributed by atoms with Crippen molar-refractivity contribution in [3.63, 3.8) is 0 Å². The third-order valence-corrected chi connectivity index (χ3v) is 4.59. The average molecular weight is 368 g/mol. The van der Waals surface area contributed by atoms with E-state index in [0.29, 0.717) is 47.9 Å². The molecule has 0 unspecified atom stereocenters. The maximum Gasteiger partial charge on any atom is 0.261 e. The number of hydrogen-bond acceptors (Lipinski definition) is 5. The van der Waals surface area contributed by atoms with Crippen molar-refractivity contribution >= 4 is 28.8 Å². The maximum atomic E-state index is 12.8. The lowest BCUT2D eigenvalue weighted by Gasteiger charge is -2.08. The smallest absolute Gasteiger partial charge is 0.261 e. The van der Waals surface area contributed by atoms with Gasteiger partial charge in [0.2, 0.25) is 11.9 Å². The molecule has 0 radical (unpaired) electrons. The minimum absolute atomic E-state index is 0.270. The second-order valence-electron chi connectivity index (χ2n) is 6.47. The molecule has 9 heteroatoms. The molecule has 9 nitrogen and oxygen atoms in total. The van der Waals surface area contributed by atoms with Gasteiger partial charge in [-0.15, -0.1) is 0 Å². The summed E-state index contributed by atoms with van der Waals surface area (Å²) in [5, 5.41) is 7.19. The van der Waals surface area contributed by atoms with Crippen molar-refractivity contribution < 1.29 is 14.3 Å². The number of carbonyl (C=O) groups excluding carboxylic acids is 2. The van der Waals surface area contributed by atoms with Crippen LogP contribution >= 0.6 is 0 Å². The average Bonchev–Trinajstić information content (AvgIpc) is 3.09. The van der Waals surface area contributed by atoms with Crippen molar-refractivity contribution in [2.75, 3.05) is 11.9 Å². The fourth-order valence-electron chi connectivity index (χ4n) is 3.35. The lowest BCUT2D eigenvalue weighted by molar-refractivity contribution is 0.0997. The number of carbonyl (C=O) groups is 2. The van der Waals surface area contributed by atoms with E-state index in [2.05, 4.69) is 15.4 Å². The van der Waals surface area contributed by atoms with E-state index in [9.17, 15) is 9.59 Å². The summed E-state index contributed by atoms with van der Waals surface area (Å²) in [5.41, 5.74) is 8.28. The second-order valence-corrected chi connectivity index (χ2v) is 6.47. The molecule has 0 aliphatic carbocycles. The van der Waals surface area contributed by atoms with Gasteiger partial charge in [-0.2, -0.15) is 5.10 Å². The summed E-state index contributed by atoms with van der Waals surface area (Å²) >= 11 is 0. The molecule has 1 aliphatic rings. The number of nitrogens with one attached hydrogen (secondary N) is 1. The molecule has 3 N–H and O–H groups in total. The zero-order valence-corrected chi connectivity index (χ0v) is 15.2. The van der Waals surface area contributed by atoms with Crippen molar-refractivity contribution in [3.05, 3.63) is 35.2 Å². The second kappa shape index (κ2) is 6.42. The number of anilines is 1. The maximum absolute atomic E-state index is 12.8. The highest BCUT2D eigenvalue weighted by Crippen LogP contribution is 2.33. The Morgan fingerprint density at radius 2 is 2.19 bits per heavy atom. The number of aromatic nitrogens is 4. The summed E-state index contributed by atoms with van der Waals surface area (Å²) in [6.45, 7) is 3.10. The molecule has 140 valence electrons. The summed E-state index contributed by atoms with van der Waals surface area (Å²) in [6.07, 6.45) is 3.10. The molecule has 2 amide bonds. The first kappa shape index (κ1) is 17.1. The molecule has 3 aromatic rings. The Morgan fingerprint density at radius 1 is 1.37 bits per heavy atom. The monoisotopic (exact) mass is 368 g/mol. The standard InChI is InChI=1S/C18H20N6O3/c1-3-12-11(9-23(2)22-12)17(26)21-18-20-13-7-10(16(19)25)8-14-15(13)24(18)5-4-6-27-14/h7-9H,3-6H2,1-2H3,(H2,19,25)(H,20,21,26). The first-order valence-corrected chi connectivity index (χ1v) is 8.78. The minimum atomic E-state index is -0.552. The molecule has 0 bridgehead atoms. The van der Waals surface area contributed by atoms with E-state index in [1.807, 2.05) is 11.5 Å². The molecule has 1 aliphatic heterocycles. The zero-order chi connectivity index (χ0) is 19.1. The van der Waals surface area contributed by atoms with Crippen LogP contribution in [0.4, 0.5) is 5.95 Å². The van der Waals surface area contributed by atoms with Gasteiger partial charge in [0.1, 0.15) is 11.3 Å². The van der Waals surface area contributed by atoms with Crippen LogP contribution in [0, 0.1) is 0 Å². The summed E-state index contributed by atoms with van der Waals surface area (Å²) < 4.78 is 9.29. The van der Waals surface area contributed by atoms with E-state index in [4.69, 9.17) is 10.5 Å². The molecule has 0 spiro atoms. The van der Waals surface area contributed by atoms with E-state index in [-0.39, 0.29) is 5.91 Å². The van der Waals surface area contributed by atoms with Gasteiger partial charge in [0.05, 0.1) is 23.4 Å². The number of nitrogens with two attached hydrogens (primary N) is 1. The van der Waals surface area contributed by atoms with Gasteiger partial charge in [-0.3, -0.25) is 19.6 Å². The van der Waals surface area contributed by atoms with Gasteiger partial charge < -0.3 is 15.0 Å². The number of amides is 2. The Labute approximate surface area is 155 Å². The number of benzene rings is 1. The van der Waals surface area contributed by atoms with E-state index in [0.717, 1.165) is 17.6 Å². The third kappa shape index (κ3) is 2.90. The van der Waals surface area contributed by atoms with Gasteiger partial charge in [-0.05, 0) is 25.0 Å². The molecule has 27 heavy (non-hydrogen) atoms. The van der Waals surface area contributed by atoms with Gasteiger partial charge in [0.25, 0.3) is 5.91 Å². The van der Waals surface area contributed by atoms with Gasteiger partial charge in [0.15, 0.2) is 0 Å². The van der Waals surface area contributed by atoms with Crippen LogP contribution in [0.1, 0.15) is 39.8 Å². The number of nitrogens with zero attached hydrogens (tertiary/aromatic N) is 4. The summed E-state index contributed by atoms with van der Waals surface area (Å²) in [7, 11) is 1.78. The molecule has 2 aromatic heterocycles. The molecule has 1 aromatic carbocycles. The van der Waals surface area contributed by atoms with Crippen LogP contribution in [0.15, 0.2) is 18.3 Å².